The van der Waals surface area contributed by atoms with Gasteiger partial charge in [0.1, 0.15) is 10.6 Å². The summed E-state index contributed by atoms with van der Waals surface area (Å²) in [6.07, 6.45) is 0.468. The van der Waals surface area contributed by atoms with Gasteiger partial charge in [0.2, 0.25) is 15.9 Å². The van der Waals surface area contributed by atoms with Gasteiger partial charge in [-0.2, -0.15) is 4.31 Å². The first-order valence-corrected chi connectivity index (χ1v) is 9.54. The van der Waals surface area contributed by atoms with E-state index in [1.54, 1.807) is 25.8 Å². The number of carbonyl (C=O) groups is 1. The topological polar surface area (TPSA) is 83.7 Å². The number of rotatable bonds is 2. The Kier molecular flexibility index (Phi) is 3.36. The van der Waals surface area contributed by atoms with Crippen molar-refractivity contribution in [3.05, 3.63) is 41.3 Å². The van der Waals surface area contributed by atoms with Crippen molar-refractivity contribution in [3.63, 3.8) is 0 Å². The lowest BCUT2D eigenvalue weighted by Gasteiger charge is -2.23. The summed E-state index contributed by atoms with van der Waals surface area (Å²) < 4.78 is 32.6. The minimum Gasteiger partial charge on any atom is -0.360 e. The Bertz CT molecular complexity index is 962. The lowest BCUT2D eigenvalue weighted by Crippen LogP contribution is -2.42. The van der Waals surface area contributed by atoms with Gasteiger partial charge in [-0.05, 0) is 31.9 Å². The average Bonchev–Trinajstić information content (AvgIpc) is 3.23. The van der Waals surface area contributed by atoms with E-state index in [4.69, 9.17) is 4.52 Å². The van der Waals surface area contributed by atoms with Crippen LogP contribution in [-0.4, -0.2) is 43.9 Å². The van der Waals surface area contributed by atoms with Crippen LogP contribution in [0.3, 0.4) is 0 Å². The molecule has 132 valence electrons. The van der Waals surface area contributed by atoms with E-state index >= 15 is 0 Å². The number of aromatic nitrogens is 1. The second kappa shape index (κ2) is 5.15. The molecule has 0 bridgehead atoms. The number of benzene rings is 1. The lowest BCUT2D eigenvalue weighted by atomic mass is 9.81. The fourth-order valence-electron chi connectivity index (χ4n) is 4.06. The smallest absolute Gasteiger partial charge is 0.248 e. The zero-order valence-corrected chi connectivity index (χ0v) is 15.1. The van der Waals surface area contributed by atoms with Crippen molar-refractivity contribution in [2.24, 2.45) is 0 Å². The van der Waals surface area contributed by atoms with Gasteiger partial charge < -0.3 is 9.42 Å². The first-order chi connectivity index (χ1) is 11.8. The third kappa shape index (κ3) is 2.04. The average molecular weight is 361 g/mol. The Morgan fingerprint density at radius 2 is 1.96 bits per heavy atom. The van der Waals surface area contributed by atoms with Crippen molar-refractivity contribution < 1.29 is 17.7 Å². The third-order valence-electron chi connectivity index (χ3n) is 5.29. The molecule has 0 aliphatic carbocycles. The number of anilines is 1. The molecular formula is C17H19N3O4S. The van der Waals surface area contributed by atoms with Crippen molar-refractivity contribution in [2.75, 3.05) is 25.0 Å². The van der Waals surface area contributed by atoms with Crippen molar-refractivity contribution in [1.82, 2.24) is 9.46 Å². The Morgan fingerprint density at radius 3 is 2.64 bits per heavy atom. The Balaban J connectivity index is 1.76. The summed E-state index contributed by atoms with van der Waals surface area (Å²) in [5, 5.41) is 3.75. The molecule has 8 heteroatoms. The molecule has 7 nitrogen and oxygen atoms in total. The van der Waals surface area contributed by atoms with Gasteiger partial charge in [-0.1, -0.05) is 23.4 Å². The molecule has 1 aromatic heterocycles. The summed E-state index contributed by atoms with van der Waals surface area (Å²) in [7, 11) is -2.02. The van der Waals surface area contributed by atoms with Gasteiger partial charge in [0, 0.05) is 25.8 Å². The quantitative estimate of drug-likeness (QED) is 0.811. The summed E-state index contributed by atoms with van der Waals surface area (Å²) in [5.74, 6) is 0.221. The van der Waals surface area contributed by atoms with Crippen LogP contribution in [0.5, 0.6) is 0 Å². The molecule has 1 spiro atoms. The van der Waals surface area contributed by atoms with Crippen LogP contribution in [0.4, 0.5) is 5.69 Å². The molecule has 2 aliphatic heterocycles. The number of nitrogens with zero attached hydrogens (tertiary/aromatic N) is 3. The fraction of sp³-hybridized carbons (Fsp3) is 0.412. The first-order valence-electron chi connectivity index (χ1n) is 8.10. The zero-order valence-electron chi connectivity index (χ0n) is 14.3. The van der Waals surface area contributed by atoms with Crippen LogP contribution in [0, 0.1) is 13.8 Å². The molecule has 0 radical (unpaired) electrons. The van der Waals surface area contributed by atoms with Gasteiger partial charge in [0.15, 0.2) is 5.76 Å². The van der Waals surface area contributed by atoms with E-state index in [0.29, 0.717) is 18.7 Å². The highest BCUT2D eigenvalue weighted by molar-refractivity contribution is 7.89. The van der Waals surface area contributed by atoms with E-state index in [-0.39, 0.29) is 23.1 Å². The predicted molar refractivity (Wildman–Crippen MR) is 90.9 cm³/mol. The highest BCUT2D eigenvalue weighted by Crippen LogP contribution is 2.47. The number of para-hydroxylation sites is 1. The molecule has 1 aromatic carbocycles. The maximum Gasteiger partial charge on any atom is 0.248 e. The molecular weight excluding hydrogens is 342 g/mol. The Hall–Kier alpha value is -2.19. The van der Waals surface area contributed by atoms with E-state index < -0.39 is 15.4 Å². The Labute approximate surface area is 146 Å². The van der Waals surface area contributed by atoms with E-state index in [1.165, 1.54) is 4.31 Å². The summed E-state index contributed by atoms with van der Waals surface area (Å²) in [6, 6.07) is 7.59. The standard InChI is InChI=1S/C17H19N3O4S/c1-11-15(12(2)24-18-11)25(22,23)20-9-8-17(10-20)13-6-4-5-7-14(13)19(3)16(17)21/h4-7H,8-10H2,1-3H3. The second-order valence-corrected chi connectivity index (χ2v) is 8.58. The molecule has 2 aromatic rings. The number of amides is 1. The molecule has 25 heavy (non-hydrogen) atoms. The number of hydrogen-bond acceptors (Lipinski definition) is 5. The van der Waals surface area contributed by atoms with Crippen LogP contribution < -0.4 is 4.90 Å². The minimum absolute atomic E-state index is 0.0508. The van der Waals surface area contributed by atoms with Crippen LogP contribution in [-0.2, 0) is 20.2 Å². The second-order valence-electron chi connectivity index (χ2n) is 6.71. The van der Waals surface area contributed by atoms with Gasteiger partial charge in [0.25, 0.3) is 0 Å². The number of hydrogen-bond donors (Lipinski definition) is 0. The normalized spacial score (nSPS) is 23.6. The SMILES string of the molecule is Cc1noc(C)c1S(=O)(=O)N1CCC2(C1)C(=O)N(C)c1ccccc12. The molecule has 4 rings (SSSR count). The summed E-state index contributed by atoms with van der Waals surface area (Å²) in [6.45, 7) is 3.63. The lowest BCUT2D eigenvalue weighted by molar-refractivity contribution is -0.122. The Morgan fingerprint density at radius 1 is 1.24 bits per heavy atom. The van der Waals surface area contributed by atoms with E-state index in [1.807, 2.05) is 24.3 Å². The molecule has 1 unspecified atom stereocenters. The number of likely N-dealkylation sites (N-methyl/N-ethyl adjacent to an activating group) is 1. The van der Waals surface area contributed by atoms with Crippen molar-refractivity contribution in [2.45, 2.75) is 30.6 Å². The van der Waals surface area contributed by atoms with Crippen LogP contribution >= 0.6 is 0 Å². The summed E-state index contributed by atoms with van der Waals surface area (Å²) >= 11 is 0. The molecule has 2 aliphatic rings. The number of fused-ring (bicyclic) bond motifs is 2. The molecule has 1 saturated heterocycles. The van der Waals surface area contributed by atoms with Crippen LogP contribution in [0.25, 0.3) is 0 Å². The molecule has 1 amide bonds. The molecule has 1 fully saturated rings. The van der Waals surface area contributed by atoms with Crippen LogP contribution in [0.2, 0.25) is 0 Å². The zero-order chi connectivity index (χ0) is 18.0. The van der Waals surface area contributed by atoms with E-state index in [2.05, 4.69) is 5.16 Å². The highest BCUT2D eigenvalue weighted by Gasteiger charge is 2.55. The highest BCUT2D eigenvalue weighted by atomic mass is 32.2. The van der Waals surface area contributed by atoms with Crippen molar-refractivity contribution in [1.29, 1.82) is 0 Å². The molecule has 3 heterocycles. The van der Waals surface area contributed by atoms with Crippen LogP contribution in [0.15, 0.2) is 33.7 Å². The molecule has 1 atom stereocenters. The maximum absolute atomic E-state index is 13.1. The van der Waals surface area contributed by atoms with Gasteiger partial charge in [-0.15, -0.1) is 0 Å². The monoisotopic (exact) mass is 361 g/mol. The number of sulfonamides is 1. The van der Waals surface area contributed by atoms with Gasteiger partial charge in [-0.3, -0.25) is 4.79 Å². The van der Waals surface area contributed by atoms with Crippen LogP contribution in [0.1, 0.15) is 23.4 Å². The summed E-state index contributed by atoms with van der Waals surface area (Å²) in [4.78, 5) is 14.7. The fourth-order valence-corrected chi connectivity index (χ4v) is 5.85. The van der Waals surface area contributed by atoms with E-state index in [9.17, 15) is 13.2 Å². The number of aryl methyl sites for hydroxylation is 2. The predicted octanol–water partition coefficient (Wildman–Crippen LogP) is 1.60. The third-order valence-corrected chi connectivity index (χ3v) is 7.39. The minimum atomic E-state index is -3.76. The van der Waals surface area contributed by atoms with Gasteiger partial charge in [-0.25, -0.2) is 8.42 Å². The van der Waals surface area contributed by atoms with Gasteiger partial charge in [0.05, 0.1) is 5.41 Å². The molecule has 0 N–H and O–H groups in total. The first kappa shape index (κ1) is 16.3. The molecule has 0 saturated carbocycles. The van der Waals surface area contributed by atoms with Crippen molar-refractivity contribution in [3.8, 4) is 0 Å². The maximum atomic E-state index is 13.1. The number of carbonyl (C=O) groups excluding carboxylic acids is 1. The largest absolute Gasteiger partial charge is 0.360 e. The van der Waals surface area contributed by atoms with Crippen molar-refractivity contribution >= 4 is 21.6 Å². The summed E-state index contributed by atoms with van der Waals surface area (Å²) in [5.41, 5.74) is 1.29. The van der Waals surface area contributed by atoms with E-state index in [0.717, 1.165) is 11.3 Å². The van der Waals surface area contributed by atoms with Gasteiger partial charge >= 0.3 is 0 Å².